The molecule has 2 aromatic rings. The Morgan fingerprint density at radius 2 is 2.06 bits per heavy atom. The van der Waals surface area contributed by atoms with Crippen LogP contribution in [-0.4, -0.2) is 14.8 Å². The van der Waals surface area contributed by atoms with E-state index in [9.17, 15) is 0 Å². The summed E-state index contributed by atoms with van der Waals surface area (Å²) in [6.45, 7) is 1.46. The third kappa shape index (κ3) is 1.95. The molecule has 1 aromatic carbocycles. The molecule has 2 heterocycles. The van der Waals surface area contributed by atoms with E-state index < -0.39 is 0 Å². The van der Waals surface area contributed by atoms with E-state index in [2.05, 4.69) is 14.8 Å². The van der Waals surface area contributed by atoms with Gasteiger partial charge in [-0.05, 0) is 30.7 Å². The van der Waals surface area contributed by atoms with Gasteiger partial charge in [-0.15, -0.1) is 10.2 Å². The van der Waals surface area contributed by atoms with E-state index >= 15 is 0 Å². The van der Waals surface area contributed by atoms with Crippen molar-refractivity contribution in [2.75, 3.05) is 5.73 Å². The number of nitrogens with two attached hydrogens (primary N) is 1. The average molecular weight is 230 g/mol. The number of benzene rings is 1. The number of aryl methyl sites for hydroxylation is 1. The number of nitrogens with zero attached hydrogens (tertiary/aromatic N) is 3. The van der Waals surface area contributed by atoms with Gasteiger partial charge in [0.05, 0.1) is 0 Å². The number of nitrogen functional groups attached to an aromatic ring is 1. The highest BCUT2D eigenvalue weighted by molar-refractivity contribution is 5.41. The molecule has 2 N–H and O–H groups in total. The van der Waals surface area contributed by atoms with Crippen molar-refractivity contribution in [2.24, 2.45) is 0 Å². The molecular weight excluding hydrogens is 216 g/mol. The fourth-order valence-electron chi connectivity index (χ4n) is 2.03. The second-order valence-electron chi connectivity index (χ2n) is 4.15. The van der Waals surface area contributed by atoms with Gasteiger partial charge < -0.3 is 15.0 Å². The molecule has 1 aromatic heterocycles. The molecule has 1 aliphatic heterocycles. The molecule has 5 nitrogen and oxygen atoms in total. The number of ether oxygens (including phenoxy) is 1. The first kappa shape index (κ1) is 10.1. The van der Waals surface area contributed by atoms with Gasteiger partial charge in [-0.1, -0.05) is 0 Å². The average Bonchev–Trinajstić information content (AvgIpc) is 2.91. The van der Waals surface area contributed by atoms with Crippen LogP contribution in [0.5, 0.6) is 5.75 Å². The van der Waals surface area contributed by atoms with Gasteiger partial charge in [0.2, 0.25) is 0 Å². The molecule has 0 amide bonds. The van der Waals surface area contributed by atoms with E-state index in [1.807, 2.05) is 24.3 Å². The molecule has 0 saturated carbocycles. The van der Waals surface area contributed by atoms with E-state index in [4.69, 9.17) is 10.5 Å². The summed E-state index contributed by atoms with van der Waals surface area (Å²) in [5.74, 6) is 2.77. The standard InChI is InChI=1S/C12H14N4O/c13-9-3-5-10(6-4-9)17-8-12-15-14-11-2-1-7-16(11)12/h3-6H,1-2,7-8,13H2. The lowest BCUT2D eigenvalue weighted by atomic mass is 10.3. The first-order valence-electron chi connectivity index (χ1n) is 5.72. The second kappa shape index (κ2) is 4.08. The Bertz CT molecular complexity index is 518. The molecule has 0 atom stereocenters. The minimum absolute atomic E-state index is 0.455. The van der Waals surface area contributed by atoms with Crippen LogP contribution in [0.1, 0.15) is 18.1 Å². The van der Waals surface area contributed by atoms with Crippen LogP contribution in [0.3, 0.4) is 0 Å². The van der Waals surface area contributed by atoms with Crippen LogP contribution in [0.25, 0.3) is 0 Å². The van der Waals surface area contributed by atoms with Gasteiger partial charge in [-0.2, -0.15) is 0 Å². The topological polar surface area (TPSA) is 66.0 Å². The quantitative estimate of drug-likeness (QED) is 0.809. The second-order valence-corrected chi connectivity index (χ2v) is 4.15. The third-order valence-electron chi connectivity index (χ3n) is 2.93. The molecule has 0 radical (unpaired) electrons. The summed E-state index contributed by atoms with van der Waals surface area (Å²) < 4.78 is 7.79. The number of hydrogen-bond acceptors (Lipinski definition) is 4. The van der Waals surface area contributed by atoms with Crippen molar-refractivity contribution in [3.8, 4) is 5.75 Å². The van der Waals surface area contributed by atoms with Crippen LogP contribution in [0.4, 0.5) is 5.69 Å². The Balaban J connectivity index is 1.69. The Kier molecular flexibility index (Phi) is 2.44. The zero-order chi connectivity index (χ0) is 11.7. The molecule has 0 saturated heterocycles. The summed E-state index contributed by atoms with van der Waals surface area (Å²) in [6.07, 6.45) is 2.18. The summed E-state index contributed by atoms with van der Waals surface area (Å²) in [5.41, 5.74) is 6.35. The Morgan fingerprint density at radius 3 is 2.88 bits per heavy atom. The summed E-state index contributed by atoms with van der Waals surface area (Å²) in [5, 5.41) is 8.27. The highest BCUT2D eigenvalue weighted by atomic mass is 16.5. The van der Waals surface area contributed by atoms with Gasteiger partial charge in [-0.25, -0.2) is 0 Å². The number of anilines is 1. The van der Waals surface area contributed by atoms with E-state index in [0.29, 0.717) is 6.61 Å². The van der Waals surface area contributed by atoms with Gasteiger partial charge in [-0.3, -0.25) is 0 Å². The molecule has 3 rings (SSSR count). The predicted octanol–water partition coefficient (Wildman–Crippen LogP) is 1.39. The van der Waals surface area contributed by atoms with Gasteiger partial charge >= 0.3 is 0 Å². The van der Waals surface area contributed by atoms with Crippen LogP contribution >= 0.6 is 0 Å². The van der Waals surface area contributed by atoms with Crippen LogP contribution in [-0.2, 0) is 19.6 Å². The van der Waals surface area contributed by atoms with Crippen molar-refractivity contribution in [1.29, 1.82) is 0 Å². The Labute approximate surface area is 99.2 Å². The van der Waals surface area contributed by atoms with Crippen molar-refractivity contribution in [2.45, 2.75) is 26.0 Å². The van der Waals surface area contributed by atoms with Gasteiger partial charge in [0.15, 0.2) is 5.82 Å². The van der Waals surface area contributed by atoms with Gasteiger partial charge in [0, 0.05) is 18.7 Å². The van der Waals surface area contributed by atoms with Crippen molar-refractivity contribution in [3.63, 3.8) is 0 Å². The van der Waals surface area contributed by atoms with Crippen molar-refractivity contribution < 1.29 is 4.74 Å². The van der Waals surface area contributed by atoms with Gasteiger partial charge in [0.1, 0.15) is 18.2 Å². The van der Waals surface area contributed by atoms with E-state index in [0.717, 1.165) is 42.5 Å². The first-order chi connectivity index (χ1) is 8.33. The summed E-state index contributed by atoms with van der Waals surface area (Å²) in [4.78, 5) is 0. The van der Waals surface area contributed by atoms with E-state index in [-0.39, 0.29) is 0 Å². The summed E-state index contributed by atoms with van der Waals surface area (Å²) in [7, 11) is 0. The largest absolute Gasteiger partial charge is 0.486 e. The molecule has 0 fully saturated rings. The number of hydrogen-bond donors (Lipinski definition) is 1. The normalized spacial score (nSPS) is 13.6. The number of rotatable bonds is 3. The number of aromatic nitrogens is 3. The molecule has 88 valence electrons. The summed E-state index contributed by atoms with van der Waals surface area (Å²) in [6, 6.07) is 7.36. The molecule has 0 unspecified atom stereocenters. The maximum atomic E-state index is 5.65. The lowest BCUT2D eigenvalue weighted by Crippen LogP contribution is -2.05. The minimum Gasteiger partial charge on any atom is -0.486 e. The fourth-order valence-corrected chi connectivity index (χ4v) is 2.03. The molecule has 0 bridgehead atoms. The Morgan fingerprint density at radius 1 is 1.24 bits per heavy atom. The SMILES string of the molecule is Nc1ccc(OCc2nnc3n2CCC3)cc1. The van der Waals surface area contributed by atoms with E-state index in [1.165, 1.54) is 0 Å². The molecule has 5 heteroatoms. The third-order valence-corrected chi connectivity index (χ3v) is 2.93. The maximum absolute atomic E-state index is 5.65. The Hall–Kier alpha value is -2.04. The molecule has 0 spiro atoms. The maximum Gasteiger partial charge on any atom is 0.171 e. The molecule has 1 aliphatic rings. The van der Waals surface area contributed by atoms with Crippen LogP contribution in [0, 0.1) is 0 Å². The highest BCUT2D eigenvalue weighted by Gasteiger charge is 2.17. The van der Waals surface area contributed by atoms with Gasteiger partial charge in [0.25, 0.3) is 0 Å². The smallest absolute Gasteiger partial charge is 0.171 e. The zero-order valence-electron chi connectivity index (χ0n) is 9.47. The number of fused-ring (bicyclic) bond motifs is 1. The highest BCUT2D eigenvalue weighted by Crippen LogP contribution is 2.17. The molecule has 17 heavy (non-hydrogen) atoms. The summed E-state index contributed by atoms with van der Waals surface area (Å²) >= 11 is 0. The molecule has 0 aliphatic carbocycles. The molecular formula is C12H14N4O. The predicted molar refractivity (Wildman–Crippen MR) is 63.5 cm³/mol. The van der Waals surface area contributed by atoms with Crippen molar-refractivity contribution >= 4 is 5.69 Å². The lowest BCUT2D eigenvalue weighted by Gasteiger charge is -2.06. The fraction of sp³-hybridized carbons (Fsp3) is 0.333. The van der Waals surface area contributed by atoms with Crippen molar-refractivity contribution in [1.82, 2.24) is 14.8 Å². The zero-order valence-corrected chi connectivity index (χ0v) is 9.47. The van der Waals surface area contributed by atoms with Crippen LogP contribution in [0.15, 0.2) is 24.3 Å². The lowest BCUT2D eigenvalue weighted by molar-refractivity contribution is 0.289. The van der Waals surface area contributed by atoms with E-state index in [1.54, 1.807) is 0 Å². The van der Waals surface area contributed by atoms with Crippen LogP contribution < -0.4 is 10.5 Å². The first-order valence-corrected chi connectivity index (χ1v) is 5.72. The van der Waals surface area contributed by atoms with Crippen LogP contribution in [0.2, 0.25) is 0 Å². The van der Waals surface area contributed by atoms with Crippen molar-refractivity contribution in [3.05, 3.63) is 35.9 Å². The minimum atomic E-state index is 0.455. The monoisotopic (exact) mass is 230 g/mol.